The van der Waals surface area contributed by atoms with E-state index in [1.165, 1.54) is 29.1 Å². The maximum atomic E-state index is 13.2. The van der Waals surface area contributed by atoms with Crippen LogP contribution in [0.5, 0.6) is 5.75 Å². The number of primary amides is 1. The standard InChI is InChI=1S/C13H15FN4O2/c1-8(11-4-9(14)2-3-12(11)19)17-10-5-16-18(6-10)7-13(15)20/h2-6,8,17,19H,7H2,1H3,(H2,15,20). The maximum absolute atomic E-state index is 13.2. The number of benzene rings is 1. The number of carbonyl (C=O) groups excluding carboxylic acids is 1. The largest absolute Gasteiger partial charge is 0.508 e. The van der Waals surface area contributed by atoms with Crippen molar-refractivity contribution >= 4 is 11.6 Å². The van der Waals surface area contributed by atoms with Gasteiger partial charge in [0.05, 0.1) is 17.9 Å². The third-order valence-electron chi connectivity index (χ3n) is 2.79. The fourth-order valence-corrected chi connectivity index (χ4v) is 1.88. The van der Waals surface area contributed by atoms with Crippen LogP contribution in [0.15, 0.2) is 30.6 Å². The molecule has 2 rings (SSSR count). The van der Waals surface area contributed by atoms with Crippen molar-refractivity contribution in [1.82, 2.24) is 9.78 Å². The van der Waals surface area contributed by atoms with Crippen LogP contribution in [0.25, 0.3) is 0 Å². The number of hydrogen-bond donors (Lipinski definition) is 3. The lowest BCUT2D eigenvalue weighted by molar-refractivity contribution is -0.118. The monoisotopic (exact) mass is 278 g/mol. The number of aromatic hydroxyl groups is 1. The summed E-state index contributed by atoms with van der Waals surface area (Å²) in [5.74, 6) is -0.901. The van der Waals surface area contributed by atoms with Crippen LogP contribution < -0.4 is 11.1 Å². The predicted molar refractivity (Wildman–Crippen MR) is 71.5 cm³/mol. The first-order chi connectivity index (χ1) is 9.45. The highest BCUT2D eigenvalue weighted by atomic mass is 19.1. The summed E-state index contributed by atoms with van der Waals surface area (Å²) in [5, 5.41) is 16.7. The van der Waals surface area contributed by atoms with Crippen molar-refractivity contribution in [1.29, 1.82) is 0 Å². The summed E-state index contributed by atoms with van der Waals surface area (Å²) in [4.78, 5) is 10.8. The first-order valence-corrected chi connectivity index (χ1v) is 6.01. The van der Waals surface area contributed by atoms with Gasteiger partial charge in [-0.2, -0.15) is 5.10 Å². The van der Waals surface area contributed by atoms with Gasteiger partial charge in [-0.25, -0.2) is 4.39 Å². The number of carbonyl (C=O) groups is 1. The lowest BCUT2D eigenvalue weighted by atomic mass is 10.1. The van der Waals surface area contributed by atoms with E-state index in [4.69, 9.17) is 5.73 Å². The first kappa shape index (κ1) is 13.9. The number of amides is 1. The van der Waals surface area contributed by atoms with E-state index in [1.54, 1.807) is 13.1 Å². The Morgan fingerprint density at radius 1 is 1.60 bits per heavy atom. The van der Waals surface area contributed by atoms with Crippen LogP contribution in [0.3, 0.4) is 0 Å². The molecule has 0 bridgehead atoms. The van der Waals surface area contributed by atoms with E-state index < -0.39 is 11.7 Å². The minimum Gasteiger partial charge on any atom is -0.508 e. The summed E-state index contributed by atoms with van der Waals surface area (Å²) in [6.07, 6.45) is 3.13. The van der Waals surface area contributed by atoms with Crippen LogP contribution in [0.4, 0.5) is 10.1 Å². The van der Waals surface area contributed by atoms with Crippen LogP contribution >= 0.6 is 0 Å². The Morgan fingerprint density at radius 2 is 2.35 bits per heavy atom. The molecule has 0 aliphatic rings. The van der Waals surface area contributed by atoms with Gasteiger partial charge in [0.25, 0.3) is 0 Å². The van der Waals surface area contributed by atoms with Crippen LogP contribution in [-0.2, 0) is 11.3 Å². The summed E-state index contributed by atoms with van der Waals surface area (Å²) in [6, 6.07) is 3.44. The molecule has 1 aromatic heterocycles. The van der Waals surface area contributed by atoms with E-state index in [2.05, 4.69) is 10.4 Å². The average Bonchev–Trinajstić information content (AvgIpc) is 2.78. The van der Waals surface area contributed by atoms with Gasteiger partial charge in [-0.3, -0.25) is 9.48 Å². The van der Waals surface area contributed by atoms with Crippen LogP contribution in [0, 0.1) is 5.82 Å². The van der Waals surface area contributed by atoms with Gasteiger partial charge in [0.1, 0.15) is 18.1 Å². The van der Waals surface area contributed by atoms with Gasteiger partial charge in [0, 0.05) is 11.8 Å². The molecule has 1 unspecified atom stereocenters. The molecule has 0 spiro atoms. The molecule has 4 N–H and O–H groups in total. The number of nitrogens with one attached hydrogen (secondary N) is 1. The molecule has 0 radical (unpaired) electrons. The molecule has 1 aromatic carbocycles. The van der Waals surface area contributed by atoms with Crippen molar-refractivity contribution < 1.29 is 14.3 Å². The molecule has 6 nitrogen and oxygen atoms in total. The van der Waals surface area contributed by atoms with Crippen LogP contribution in [0.2, 0.25) is 0 Å². The van der Waals surface area contributed by atoms with E-state index in [0.29, 0.717) is 11.3 Å². The summed E-state index contributed by atoms with van der Waals surface area (Å²) in [6.45, 7) is 1.77. The lowest BCUT2D eigenvalue weighted by Gasteiger charge is -2.15. The van der Waals surface area contributed by atoms with Crippen molar-refractivity contribution in [3.8, 4) is 5.75 Å². The molecule has 20 heavy (non-hydrogen) atoms. The number of hydrogen-bond acceptors (Lipinski definition) is 4. The van der Waals surface area contributed by atoms with Gasteiger partial charge in [-0.05, 0) is 25.1 Å². The number of halogens is 1. The molecular formula is C13H15FN4O2. The number of phenolic OH excluding ortho intramolecular Hbond substituents is 1. The second-order valence-electron chi connectivity index (χ2n) is 4.46. The first-order valence-electron chi connectivity index (χ1n) is 6.01. The fraction of sp³-hybridized carbons (Fsp3) is 0.231. The number of nitrogens with zero attached hydrogens (tertiary/aromatic N) is 2. The second-order valence-corrected chi connectivity index (χ2v) is 4.46. The lowest BCUT2D eigenvalue weighted by Crippen LogP contribution is -2.18. The van der Waals surface area contributed by atoms with Crippen molar-refractivity contribution in [3.05, 3.63) is 42.0 Å². The smallest absolute Gasteiger partial charge is 0.239 e. The quantitative estimate of drug-likeness (QED) is 0.770. The highest BCUT2D eigenvalue weighted by molar-refractivity contribution is 5.73. The van der Waals surface area contributed by atoms with E-state index in [9.17, 15) is 14.3 Å². The topological polar surface area (TPSA) is 93.2 Å². The Bertz CT molecular complexity index is 627. The van der Waals surface area contributed by atoms with E-state index >= 15 is 0 Å². The molecule has 0 aliphatic heterocycles. The molecule has 106 valence electrons. The zero-order valence-electron chi connectivity index (χ0n) is 10.9. The Balaban J connectivity index is 2.11. The normalized spacial score (nSPS) is 12.1. The maximum Gasteiger partial charge on any atom is 0.239 e. The molecule has 0 saturated heterocycles. The van der Waals surface area contributed by atoms with E-state index in [0.717, 1.165) is 0 Å². The zero-order valence-corrected chi connectivity index (χ0v) is 10.9. The van der Waals surface area contributed by atoms with Gasteiger partial charge in [-0.1, -0.05) is 0 Å². The van der Waals surface area contributed by atoms with Crippen molar-refractivity contribution in [2.24, 2.45) is 5.73 Å². The summed E-state index contributed by atoms with van der Waals surface area (Å²) < 4.78 is 14.6. The fourth-order valence-electron chi connectivity index (χ4n) is 1.88. The Morgan fingerprint density at radius 3 is 3.05 bits per heavy atom. The number of phenols is 1. The Hall–Kier alpha value is -2.57. The molecule has 0 aliphatic carbocycles. The molecule has 0 fully saturated rings. The van der Waals surface area contributed by atoms with Gasteiger partial charge >= 0.3 is 0 Å². The highest BCUT2D eigenvalue weighted by Gasteiger charge is 2.12. The molecular weight excluding hydrogens is 263 g/mol. The summed E-state index contributed by atoms with van der Waals surface area (Å²) >= 11 is 0. The summed E-state index contributed by atoms with van der Waals surface area (Å²) in [7, 11) is 0. The minimum absolute atomic E-state index is 0.0101. The number of rotatable bonds is 5. The number of nitrogens with two attached hydrogens (primary N) is 1. The number of aromatic nitrogens is 2. The molecule has 0 saturated carbocycles. The zero-order chi connectivity index (χ0) is 14.7. The van der Waals surface area contributed by atoms with Crippen LogP contribution in [-0.4, -0.2) is 20.8 Å². The molecule has 1 heterocycles. The van der Waals surface area contributed by atoms with Crippen molar-refractivity contribution in [3.63, 3.8) is 0 Å². The predicted octanol–water partition coefficient (Wildman–Crippen LogP) is 1.39. The minimum atomic E-state index is -0.490. The van der Waals surface area contributed by atoms with E-state index in [-0.39, 0.29) is 18.3 Å². The van der Waals surface area contributed by atoms with Gasteiger partial charge in [0.15, 0.2) is 0 Å². The van der Waals surface area contributed by atoms with Crippen molar-refractivity contribution in [2.45, 2.75) is 19.5 Å². The van der Waals surface area contributed by atoms with Gasteiger partial charge < -0.3 is 16.2 Å². The number of anilines is 1. The Kier molecular flexibility index (Phi) is 3.88. The molecule has 1 atom stereocenters. The third kappa shape index (κ3) is 3.25. The third-order valence-corrected chi connectivity index (χ3v) is 2.79. The van der Waals surface area contributed by atoms with E-state index in [1.807, 2.05) is 0 Å². The Labute approximate surface area is 115 Å². The second kappa shape index (κ2) is 5.60. The van der Waals surface area contributed by atoms with Gasteiger partial charge in [-0.15, -0.1) is 0 Å². The van der Waals surface area contributed by atoms with Gasteiger partial charge in [0.2, 0.25) is 5.91 Å². The molecule has 2 aromatic rings. The highest BCUT2D eigenvalue weighted by Crippen LogP contribution is 2.27. The molecule has 7 heteroatoms. The SMILES string of the molecule is CC(Nc1cnn(CC(N)=O)c1)c1cc(F)ccc1O. The average molecular weight is 278 g/mol. The summed E-state index contributed by atoms with van der Waals surface area (Å²) in [5.41, 5.74) is 6.15. The van der Waals surface area contributed by atoms with Crippen LogP contribution in [0.1, 0.15) is 18.5 Å². The molecule has 1 amide bonds. The van der Waals surface area contributed by atoms with Crippen molar-refractivity contribution in [2.75, 3.05) is 5.32 Å².